The van der Waals surface area contributed by atoms with Crippen LogP contribution in [-0.2, 0) is 11.3 Å². The van der Waals surface area contributed by atoms with Gasteiger partial charge in [-0.2, -0.15) is 5.26 Å². The molecule has 1 aromatic carbocycles. The van der Waals surface area contributed by atoms with Crippen LogP contribution in [0.25, 0.3) is 6.08 Å². The lowest BCUT2D eigenvalue weighted by Gasteiger charge is -2.41. The molecule has 3 aromatic rings. The van der Waals surface area contributed by atoms with Crippen molar-refractivity contribution in [3.05, 3.63) is 124 Å². The number of nitrogens with two attached hydrogens (primary N) is 1. The van der Waals surface area contributed by atoms with Crippen LogP contribution in [0.4, 0.5) is 0 Å². The molecule has 33 heavy (non-hydrogen) atoms. The molecular formula is C27H23N5O. The molecule has 0 saturated heterocycles. The van der Waals surface area contributed by atoms with E-state index in [9.17, 15) is 5.26 Å². The molecule has 0 bridgehead atoms. The van der Waals surface area contributed by atoms with Crippen LogP contribution in [0.2, 0.25) is 0 Å². The summed E-state index contributed by atoms with van der Waals surface area (Å²) in [6, 6.07) is 20.3. The van der Waals surface area contributed by atoms with E-state index in [0.717, 1.165) is 33.5 Å². The fraction of sp³-hybridized carbons (Fsp3) is 0.148. The summed E-state index contributed by atoms with van der Waals surface area (Å²) >= 11 is 0. The highest BCUT2D eigenvalue weighted by Gasteiger charge is 2.38. The minimum atomic E-state index is -0.302. The van der Waals surface area contributed by atoms with E-state index in [1.807, 2.05) is 48.7 Å². The smallest absolute Gasteiger partial charge is 0.118 e. The summed E-state index contributed by atoms with van der Waals surface area (Å²) in [4.78, 5) is 10.6. The Balaban J connectivity index is 1.70. The predicted octanol–water partition coefficient (Wildman–Crippen LogP) is 4.14. The van der Waals surface area contributed by atoms with Gasteiger partial charge in [0.15, 0.2) is 0 Å². The Morgan fingerprint density at radius 3 is 2.52 bits per heavy atom. The number of benzene rings is 1. The molecule has 0 amide bonds. The van der Waals surface area contributed by atoms with Gasteiger partial charge in [-0.1, -0.05) is 42.5 Å². The van der Waals surface area contributed by atoms with Crippen LogP contribution in [0.15, 0.2) is 108 Å². The van der Waals surface area contributed by atoms with Gasteiger partial charge in [0, 0.05) is 42.8 Å². The van der Waals surface area contributed by atoms with E-state index in [1.54, 1.807) is 18.6 Å². The number of allylic oxidation sites excluding steroid dienone is 1. The van der Waals surface area contributed by atoms with Gasteiger partial charge in [-0.15, -0.1) is 0 Å². The second kappa shape index (κ2) is 9.11. The quantitative estimate of drug-likeness (QED) is 0.665. The third-order valence-electron chi connectivity index (χ3n) is 5.94. The largest absolute Gasteiger partial charge is 0.384 e. The molecule has 2 aliphatic heterocycles. The topological polar surface area (TPSA) is 88.1 Å². The standard InChI is InChI=1S/C27H23N5O/c28-13-23-25(21-9-5-11-31-15-21)24-18-33-17-22(12-20-8-4-10-30-14-20)26(24)32(27(23)29)16-19-6-2-1-3-7-19/h1-12,14-15,25H,16-18,29H2/b22-12-. The molecule has 6 nitrogen and oxygen atoms in total. The zero-order valence-electron chi connectivity index (χ0n) is 18.1. The average Bonchev–Trinajstić information content (AvgIpc) is 2.87. The molecule has 1 atom stereocenters. The first-order valence-corrected chi connectivity index (χ1v) is 10.8. The molecule has 4 heterocycles. The minimum Gasteiger partial charge on any atom is -0.384 e. The number of nitrogens with zero attached hydrogens (tertiary/aromatic N) is 4. The van der Waals surface area contributed by atoms with Crippen molar-refractivity contribution in [1.82, 2.24) is 14.9 Å². The third-order valence-corrected chi connectivity index (χ3v) is 5.94. The molecule has 0 saturated carbocycles. The summed E-state index contributed by atoms with van der Waals surface area (Å²) < 4.78 is 6.04. The maximum atomic E-state index is 10.1. The molecule has 0 radical (unpaired) electrons. The molecule has 1 unspecified atom stereocenters. The van der Waals surface area contributed by atoms with Crippen LogP contribution in [0.5, 0.6) is 0 Å². The van der Waals surface area contributed by atoms with Gasteiger partial charge >= 0.3 is 0 Å². The fourth-order valence-corrected chi connectivity index (χ4v) is 4.51. The number of pyridine rings is 2. The Labute approximate surface area is 193 Å². The van der Waals surface area contributed by atoms with E-state index in [1.165, 1.54) is 0 Å². The average molecular weight is 434 g/mol. The van der Waals surface area contributed by atoms with Crippen molar-refractivity contribution in [2.75, 3.05) is 13.2 Å². The van der Waals surface area contributed by atoms with E-state index in [2.05, 4.69) is 39.1 Å². The molecule has 2 aromatic heterocycles. The summed E-state index contributed by atoms with van der Waals surface area (Å²) in [5.74, 6) is 0.163. The van der Waals surface area contributed by atoms with Crippen molar-refractivity contribution in [3.8, 4) is 6.07 Å². The van der Waals surface area contributed by atoms with E-state index < -0.39 is 0 Å². The number of aromatic nitrogens is 2. The molecule has 0 spiro atoms. The highest BCUT2D eigenvalue weighted by atomic mass is 16.5. The van der Waals surface area contributed by atoms with Gasteiger partial charge in [0.1, 0.15) is 5.82 Å². The molecule has 162 valence electrons. The molecule has 5 rings (SSSR count). The van der Waals surface area contributed by atoms with Crippen molar-refractivity contribution in [2.24, 2.45) is 5.73 Å². The summed E-state index contributed by atoms with van der Waals surface area (Å²) in [7, 11) is 0. The Bertz CT molecular complexity index is 1270. The van der Waals surface area contributed by atoms with E-state index in [4.69, 9.17) is 10.5 Å². The van der Waals surface area contributed by atoms with E-state index >= 15 is 0 Å². The highest BCUT2D eigenvalue weighted by Crippen LogP contribution is 2.44. The van der Waals surface area contributed by atoms with Crippen LogP contribution in [-0.4, -0.2) is 28.1 Å². The number of hydrogen-bond donors (Lipinski definition) is 1. The van der Waals surface area contributed by atoms with Gasteiger partial charge in [-0.25, -0.2) is 0 Å². The van der Waals surface area contributed by atoms with Crippen molar-refractivity contribution < 1.29 is 4.74 Å². The van der Waals surface area contributed by atoms with Crippen molar-refractivity contribution >= 4 is 6.08 Å². The lowest BCUT2D eigenvalue weighted by atomic mass is 9.79. The SMILES string of the molecule is N#CC1=C(N)N(Cc2ccccc2)C2=C(COC/C2=C/c2cccnc2)C1c1cccnc1. The fourth-order valence-electron chi connectivity index (χ4n) is 4.51. The highest BCUT2D eigenvalue weighted by molar-refractivity contribution is 5.64. The summed E-state index contributed by atoms with van der Waals surface area (Å²) in [5, 5.41) is 10.1. The maximum Gasteiger partial charge on any atom is 0.118 e. The van der Waals surface area contributed by atoms with Crippen LogP contribution in [0.1, 0.15) is 22.6 Å². The van der Waals surface area contributed by atoms with Crippen LogP contribution < -0.4 is 5.73 Å². The number of hydrogen-bond acceptors (Lipinski definition) is 6. The number of ether oxygens (including phenoxy) is 1. The number of nitriles is 1. The minimum absolute atomic E-state index is 0.302. The molecule has 2 aliphatic rings. The lowest BCUT2D eigenvalue weighted by Crippen LogP contribution is -2.39. The monoisotopic (exact) mass is 433 g/mol. The van der Waals surface area contributed by atoms with Crippen molar-refractivity contribution in [2.45, 2.75) is 12.5 Å². The van der Waals surface area contributed by atoms with Gasteiger partial charge < -0.3 is 15.4 Å². The zero-order valence-corrected chi connectivity index (χ0v) is 18.1. The molecular weight excluding hydrogens is 410 g/mol. The summed E-state index contributed by atoms with van der Waals surface area (Å²) in [5.41, 5.74) is 13.3. The van der Waals surface area contributed by atoms with Gasteiger partial charge in [0.05, 0.1) is 30.6 Å². The normalized spacial score (nSPS) is 19.4. The van der Waals surface area contributed by atoms with Gasteiger partial charge in [-0.3, -0.25) is 9.97 Å². The van der Waals surface area contributed by atoms with Crippen LogP contribution in [0.3, 0.4) is 0 Å². The summed E-state index contributed by atoms with van der Waals surface area (Å²) in [6.45, 7) is 1.43. The van der Waals surface area contributed by atoms with Gasteiger partial charge in [0.2, 0.25) is 0 Å². The first kappa shape index (κ1) is 20.7. The van der Waals surface area contributed by atoms with Crippen molar-refractivity contribution in [1.29, 1.82) is 5.26 Å². The molecule has 0 fully saturated rings. The second-order valence-corrected chi connectivity index (χ2v) is 8.02. The number of rotatable bonds is 4. The lowest BCUT2D eigenvalue weighted by molar-refractivity contribution is 0.157. The third kappa shape index (κ3) is 4.02. The van der Waals surface area contributed by atoms with Gasteiger partial charge in [0.25, 0.3) is 0 Å². The first-order chi connectivity index (χ1) is 16.3. The summed E-state index contributed by atoms with van der Waals surface area (Å²) in [6.07, 6.45) is 9.19. The Kier molecular flexibility index (Phi) is 5.71. The van der Waals surface area contributed by atoms with Crippen molar-refractivity contribution in [3.63, 3.8) is 0 Å². The van der Waals surface area contributed by atoms with Gasteiger partial charge in [-0.05, 0) is 40.5 Å². The van der Waals surface area contributed by atoms with Crippen LogP contribution in [0, 0.1) is 11.3 Å². The Morgan fingerprint density at radius 1 is 1.03 bits per heavy atom. The Morgan fingerprint density at radius 2 is 1.82 bits per heavy atom. The molecule has 2 N–H and O–H groups in total. The maximum absolute atomic E-state index is 10.1. The van der Waals surface area contributed by atoms with Crippen LogP contribution >= 0.6 is 0 Å². The van der Waals surface area contributed by atoms with E-state index in [0.29, 0.717) is 31.2 Å². The predicted molar refractivity (Wildman–Crippen MR) is 126 cm³/mol. The second-order valence-electron chi connectivity index (χ2n) is 8.02. The molecule has 6 heteroatoms. The molecule has 0 aliphatic carbocycles. The first-order valence-electron chi connectivity index (χ1n) is 10.8. The Hall–Kier alpha value is -4.21. The zero-order chi connectivity index (χ0) is 22.6. The van der Waals surface area contributed by atoms with E-state index in [-0.39, 0.29) is 5.92 Å².